The molecule has 0 spiro atoms. The molecule has 1 aromatic rings. The normalized spacial score (nSPS) is 20.0. The van der Waals surface area contributed by atoms with Gasteiger partial charge in [-0.25, -0.2) is 4.79 Å². The lowest BCUT2D eigenvalue weighted by atomic mass is 9.86. The average molecular weight is 335 g/mol. The molecular weight excluding hydrogens is 310 g/mol. The van der Waals surface area contributed by atoms with E-state index in [1.54, 1.807) is 13.0 Å². The highest BCUT2D eigenvalue weighted by Gasteiger charge is 2.32. The molecule has 7 nitrogen and oxygen atoms in total. The van der Waals surface area contributed by atoms with Crippen LogP contribution >= 0.6 is 0 Å². The number of rotatable bonds is 4. The number of amides is 1. The second kappa shape index (κ2) is 6.67. The van der Waals surface area contributed by atoms with Crippen molar-refractivity contribution in [2.45, 2.75) is 65.1 Å². The predicted octanol–water partition coefficient (Wildman–Crippen LogP) is 3.68. The van der Waals surface area contributed by atoms with Crippen molar-refractivity contribution in [3.05, 3.63) is 33.4 Å². The molecule has 0 aromatic heterocycles. The van der Waals surface area contributed by atoms with Gasteiger partial charge in [0.05, 0.1) is 4.92 Å². The van der Waals surface area contributed by atoms with Gasteiger partial charge in [0.15, 0.2) is 0 Å². The number of nitrogens with zero attached hydrogens (tertiary/aromatic N) is 1. The van der Waals surface area contributed by atoms with Crippen LogP contribution in [0.15, 0.2) is 12.1 Å². The van der Waals surface area contributed by atoms with Gasteiger partial charge < -0.3 is 15.4 Å². The third-order valence-corrected chi connectivity index (χ3v) is 3.96. The van der Waals surface area contributed by atoms with E-state index in [0.717, 1.165) is 24.1 Å². The zero-order valence-electron chi connectivity index (χ0n) is 14.8. The Bertz CT molecular complexity index is 646. The molecule has 1 aromatic carbocycles. The second-order valence-corrected chi connectivity index (χ2v) is 7.37. The number of carbonyl (C=O) groups excluding carboxylic acids is 1. The van der Waals surface area contributed by atoms with Gasteiger partial charge in [-0.2, -0.15) is 0 Å². The number of nitrogens with one attached hydrogen (secondary N) is 2. The van der Waals surface area contributed by atoms with Gasteiger partial charge in [0.2, 0.25) is 0 Å². The number of carbonyl (C=O) groups is 1. The third-order valence-electron chi connectivity index (χ3n) is 3.96. The van der Waals surface area contributed by atoms with Crippen LogP contribution in [0.3, 0.4) is 0 Å². The fraction of sp³-hybridized carbons (Fsp3) is 0.588. The maximum Gasteiger partial charge on any atom is 0.407 e. The van der Waals surface area contributed by atoms with Crippen LogP contribution in [0.4, 0.5) is 16.2 Å². The minimum Gasteiger partial charge on any atom is -0.444 e. The molecule has 0 heterocycles. The molecular formula is C17H25N3O4. The lowest BCUT2D eigenvalue weighted by molar-refractivity contribution is -0.385. The first kappa shape index (κ1) is 18.0. The van der Waals surface area contributed by atoms with Crippen LogP contribution in [0.5, 0.6) is 0 Å². The van der Waals surface area contributed by atoms with Crippen LogP contribution in [-0.4, -0.2) is 28.7 Å². The lowest BCUT2D eigenvalue weighted by Gasteiger charge is -2.37. The van der Waals surface area contributed by atoms with Crippen molar-refractivity contribution in [2.75, 3.05) is 5.32 Å². The smallest absolute Gasteiger partial charge is 0.407 e. The molecule has 0 saturated heterocycles. The average Bonchev–Trinajstić information content (AvgIpc) is 2.37. The summed E-state index contributed by atoms with van der Waals surface area (Å²) in [5.41, 5.74) is 2.01. The number of ether oxygens (including phenoxy) is 1. The molecule has 0 aliphatic heterocycles. The number of benzene rings is 1. The van der Waals surface area contributed by atoms with Crippen molar-refractivity contribution in [3.8, 4) is 0 Å². The van der Waals surface area contributed by atoms with E-state index in [1.807, 2.05) is 33.8 Å². The second-order valence-electron chi connectivity index (χ2n) is 7.37. The molecule has 2 N–H and O–H groups in total. The molecule has 1 fully saturated rings. The van der Waals surface area contributed by atoms with Gasteiger partial charge in [0.25, 0.3) is 5.69 Å². The van der Waals surface area contributed by atoms with Crippen LogP contribution in [0.1, 0.15) is 44.7 Å². The summed E-state index contributed by atoms with van der Waals surface area (Å²) >= 11 is 0. The Morgan fingerprint density at radius 1 is 1.21 bits per heavy atom. The van der Waals surface area contributed by atoms with Crippen LogP contribution < -0.4 is 10.6 Å². The predicted molar refractivity (Wildman–Crippen MR) is 92.4 cm³/mol. The Labute approximate surface area is 141 Å². The minimum atomic E-state index is -0.501. The summed E-state index contributed by atoms with van der Waals surface area (Å²) in [6.07, 6.45) is 1.21. The zero-order chi connectivity index (χ0) is 18.1. The van der Waals surface area contributed by atoms with E-state index in [9.17, 15) is 14.9 Å². The largest absolute Gasteiger partial charge is 0.444 e. The molecule has 0 unspecified atom stereocenters. The molecule has 1 aliphatic rings. The fourth-order valence-electron chi connectivity index (χ4n) is 2.70. The number of nitro benzene ring substituents is 1. The third kappa shape index (κ3) is 4.59. The number of nitro groups is 1. The van der Waals surface area contributed by atoms with Gasteiger partial charge in [0.1, 0.15) is 5.60 Å². The van der Waals surface area contributed by atoms with Gasteiger partial charge >= 0.3 is 6.09 Å². The number of anilines is 1. The molecule has 1 saturated carbocycles. The minimum absolute atomic E-state index is 0.0943. The molecule has 0 atom stereocenters. The van der Waals surface area contributed by atoms with E-state index < -0.39 is 11.7 Å². The number of alkyl carbamates (subject to hydrolysis) is 1. The van der Waals surface area contributed by atoms with E-state index in [1.165, 1.54) is 0 Å². The SMILES string of the molecule is Cc1cc([N+](=O)[O-])c(C)cc1NC1CC(NC(=O)OC(C)(C)C)C1. The van der Waals surface area contributed by atoms with E-state index in [2.05, 4.69) is 10.6 Å². The highest BCUT2D eigenvalue weighted by atomic mass is 16.6. The summed E-state index contributed by atoms with van der Waals surface area (Å²) < 4.78 is 5.23. The number of aryl methyl sites for hydroxylation is 2. The first-order valence-corrected chi connectivity index (χ1v) is 8.07. The fourth-order valence-corrected chi connectivity index (χ4v) is 2.70. The zero-order valence-corrected chi connectivity index (χ0v) is 14.8. The van der Waals surface area contributed by atoms with Gasteiger partial charge in [-0.15, -0.1) is 0 Å². The Morgan fingerprint density at radius 2 is 1.83 bits per heavy atom. The van der Waals surface area contributed by atoms with Crippen molar-refractivity contribution in [1.82, 2.24) is 5.32 Å². The Balaban J connectivity index is 1.87. The van der Waals surface area contributed by atoms with Crippen LogP contribution in [-0.2, 0) is 4.74 Å². The molecule has 132 valence electrons. The van der Waals surface area contributed by atoms with Crippen molar-refractivity contribution >= 4 is 17.5 Å². The van der Waals surface area contributed by atoms with Crippen molar-refractivity contribution in [2.24, 2.45) is 0 Å². The van der Waals surface area contributed by atoms with Gasteiger partial charge in [0, 0.05) is 29.4 Å². The summed E-state index contributed by atoms with van der Waals surface area (Å²) in [6.45, 7) is 9.08. The highest BCUT2D eigenvalue weighted by molar-refractivity contribution is 5.68. The molecule has 1 aliphatic carbocycles. The van der Waals surface area contributed by atoms with Gasteiger partial charge in [-0.1, -0.05) is 0 Å². The first-order valence-electron chi connectivity index (χ1n) is 8.07. The standard InChI is InChI=1S/C17H25N3O4/c1-10-7-15(20(22)23)11(2)6-14(10)18-12-8-13(9-12)19-16(21)24-17(3,4)5/h6-7,12-13,18H,8-9H2,1-5H3,(H,19,21). The van der Waals surface area contributed by atoms with Crippen LogP contribution in [0.25, 0.3) is 0 Å². The summed E-state index contributed by atoms with van der Waals surface area (Å²) in [4.78, 5) is 22.3. The highest BCUT2D eigenvalue weighted by Crippen LogP contribution is 2.30. The monoisotopic (exact) mass is 335 g/mol. The number of hydrogen-bond donors (Lipinski definition) is 2. The maximum absolute atomic E-state index is 11.7. The number of hydrogen-bond acceptors (Lipinski definition) is 5. The Morgan fingerprint density at radius 3 is 2.38 bits per heavy atom. The summed E-state index contributed by atoms with van der Waals surface area (Å²) in [5, 5.41) is 17.2. The summed E-state index contributed by atoms with van der Waals surface area (Å²) in [7, 11) is 0. The lowest BCUT2D eigenvalue weighted by Crippen LogP contribution is -2.50. The Kier molecular flexibility index (Phi) is 5.01. The molecule has 7 heteroatoms. The molecule has 0 bridgehead atoms. The molecule has 2 rings (SSSR count). The van der Waals surface area contributed by atoms with E-state index in [4.69, 9.17) is 4.74 Å². The van der Waals surface area contributed by atoms with Crippen molar-refractivity contribution in [1.29, 1.82) is 0 Å². The van der Waals surface area contributed by atoms with Gasteiger partial charge in [-0.05, 0) is 59.1 Å². The van der Waals surface area contributed by atoms with Gasteiger partial charge in [-0.3, -0.25) is 10.1 Å². The summed E-state index contributed by atoms with van der Waals surface area (Å²) in [6, 6.07) is 3.73. The van der Waals surface area contributed by atoms with Crippen molar-refractivity contribution in [3.63, 3.8) is 0 Å². The first-order chi connectivity index (χ1) is 11.0. The van der Waals surface area contributed by atoms with Crippen LogP contribution in [0.2, 0.25) is 0 Å². The quantitative estimate of drug-likeness (QED) is 0.646. The Hall–Kier alpha value is -2.31. The topological polar surface area (TPSA) is 93.5 Å². The van der Waals surface area contributed by atoms with E-state index in [0.29, 0.717) is 5.56 Å². The molecule has 24 heavy (non-hydrogen) atoms. The molecule has 1 amide bonds. The maximum atomic E-state index is 11.7. The van der Waals surface area contributed by atoms with E-state index in [-0.39, 0.29) is 22.7 Å². The van der Waals surface area contributed by atoms with E-state index >= 15 is 0 Å². The molecule has 0 radical (unpaired) electrons. The van der Waals surface area contributed by atoms with Crippen LogP contribution in [0, 0.1) is 24.0 Å². The summed E-state index contributed by atoms with van der Waals surface area (Å²) in [5.74, 6) is 0. The van der Waals surface area contributed by atoms with Crippen molar-refractivity contribution < 1.29 is 14.5 Å².